The van der Waals surface area contributed by atoms with Crippen molar-refractivity contribution < 1.29 is 13.2 Å². The van der Waals surface area contributed by atoms with Crippen molar-refractivity contribution in [3.63, 3.8) is 0 Å². The second-order valence-electron chi connectivity index (χ2n) is 3.09. The Morgan fingerprint density at radius 3 is 2.71 bits per heavy atom. The van der Waals surface area contributed by atoms with Gasteiger partial charge in [0.15, 0.2) is 0 Å². The molecule has 0 heterocycles. The van der Waals surface area contributed by atoms with Gasteiger partial charge in [-0.15, -0.1) is 12.3 Å². The molecule has 14 heavy (non-hydrogen) atoms. The Morgan fingerprint density at radius 2 is 2.21 bits per heavy atom. The molecule has 1 N–H and O–H groups in total. The molecule has 4 nitrogen and oxygen atoms in total. The number of hydrogen-bond donors (Lipinski definition) is 1. The van der Waals surface area contributed by atoms with E-state index in [1.807, 2.05) is 0 Å². The third-order valence-corrected chi connectivity index (χ3v) is 3.15. The SMILES string of the molecule is C#CCC(C)NS(=O)(=O)CCCOC. The summed E-state index contributed by atoms with van der Waals surface area (Å²) in [7, 11) is -1.66. The predicted molar refractivity (Wildman–Crippen MR) is 56.3 cm³/mol. The van der Waals surface area contributed by atoms with E-state index in [2.05, 4.69) is 10.6 Å². The molecule has 5 heteroatoms. The summed E-state index contributed by atoms with van der Waals surface area (Å²) in [5.74, 6) is 2.48. The summed E-state index contributed by atoms with van der Waals surface area (Å²) < 4.78 is 30.0. The van der Waals surface area contributed by atoms with Gasteiger partial charge in [0.2, 0.25) is 10.0 Å². The van der Waals surface area contributed by atoms with Crippen molar-refractivity contribution in [3.05, 3.63) is 0 Å². The second-order valence-corrected chi connectivity index (χ2v) is 4.97. The van der Waals surface area contributed by atoms with Crippen LogP contribution < -0.4 is 4.72 Å². The normalized spacial score (nSPS) is 13.5. The van der Waals surface area contributed by atoms with Crippen LogP contribution in [-0.4, -0.2) is 33.9 Å². The molecule has 1 atom stereocenters. The quantitative estimate of drug-likeness (QED) is 0.496. The molecular weight excluding hydrogens is 202 g/mol. The minimum atomic E-state index is -3.20. The lowest BCUT2D eigenvalue weighted by molar-refractivity contribution is 0.199. The molecule has 0 spiro atoms. The molecule has 1 unspecified atom stereocenters. The largest absolute Gasteiger partial charge is 0.385 e. The third-order valence-electron chi connectivity index (χ3n) is 1.57. The maximum atomic E-state index is 11.4. The number of hydrogen-bond acceptors (Lipinski definition) is 3. The molecule has 0 bridgehead atoms. The maximum absolute atomic E-state index is 11.4. The second kappa shape index (κ2) is 6.82. The van der Waals surface area contributed by atoms with Gasteiger partial charge in [-0.05, 0) is 13.3 Å². The lowest BCUT2D eigenvalue weighted by Crippen LogP contribution is -2.34. The molecular formula is C9H17NO3S. The molecule has 0 saturated heterocycles. The number of sulfonamides is 1. The van der Waals surface area contributed by atoms with Gasteiger partial charge in [0, 0.05) is 26.2 Å². The van der Waals surface area contributed by atoms with Gasteiger partial charge in [0.25, 0.3) is 0 Å². The highest BCUT2D eigenvalue weighted by Crippen LogP contribution is 1.95. The zero-order valence-electron chi connectivity index (χ0n) is 8.62. The van der Waals surface area contributed by atoms with Gasteiger partial charge in [-0.25, -0.2) is 13.1 Å². The molecule has 0 aromatic heterocycles. The zero-order chi connectivity index (χ0) is 11.0. The smallest absolute Gasteiger partial charge is 0.211 e. The van der Waals surface area contributed by atoms with Crippen LogP contribution in [0.5, 0.6) is 0 Å². The fraction of sp³-hybridized carbons (Fsp3) is 0.778. The average molecular weight is 219 g/mol. The van der Waals surface area contributed by atoms with E-state index in [1.165, 1.54) is 0 Å². The van der Waals surface area contributed by atoms with Crippen molar-refractivity contribution in [2.75, 3.05) is 19.5 Å². The predicted octanol–water partition coefficient (Wildman–Crippen LogP) is 0.354. The van der Waals surface area contributed by atoms with Gasteiger partial charge < -0.3 is 4.74 Å². The Morgan fingerprint density at radius 1 is 1.57 bits per heavy atom. The lowest BCUT2D eigenvalue weighted by atomic mass is 10.3. The first kappa shape index (κ1) is 13.4. The van der Waals surface area contributed by atoms with Gasteiger partial charge in [0.05, 0.1) is 5.75 Å². The van der Waals surface area contributed by atoms with Gasteiger partial charge in [-0.2, -0.15) is 0 Å². The number of rotatable bonds is 7. The summed E-state index contributed by atoms with van der Waals surface area (Å²) in [6.07, 6.45) is 5.97. The van der Waals surface area contributed by atoms with Crippen LogP contribution in [0.15, 0.2) is 0 Å². The molecule has 82 valence electrons. The van der Waals surface area contributed by atoms with Crippen molar-refractivity contribution in [2.24, 2.45) is 0 Å². The van der Waals surface area contributed by atoms with Crippen LogP contribution in [0.4, 0.5) is 0 Å². The average Bonchev–Trinajstić information content (AvgIpc) is 2.03. The Labute approximate surface area is 86.1 Å². The molecule has 0 aliphatic heterocycles. The summed E-state index contributed by atoms with van der Waals surface area (Å²) in [6.45, 7) is 2.19. The van der Waals surface area contributed by atoms with E-state index in [0.29, 0.717) is 19.4 Å². The highest BCUT2D eigenvalue weighted by molar-refractivity contribution is 7.89. The van der Waals surface area contributed by atoms with Crippen LogP contribution in [0.3, 0.4) is 0 Å². The van der Waals surface area contributed by atoms with Crippen molar-refractivity contribution in [1.82, 2.24) is 4.72 Å². The Kier molecular flexibility index (Phi) is 6.54. The first-order valence-corrected chi connectivity index (χ1v) is 6.09. The van der Waals surface area contributed by atoms with Crippen LogP contribution in [-0.2, 0) is 14.8 Å². The summed E-state index contributed by atoms with van der Waals surface area (Å²) in [4.78, 5) is 0. The summed E-state index contributed by atoms with van der Waals surface area (Å²) in [6, 6.07) is -0.201. The molecule has 0 radical (unpaired) electrons. The monoisotopic (exact) mass is 219 g/mol. The van der Waals surface area contributed by atoms with E-state index in [9.17, 15) is 8.42 Å². The Bertz CT molecular complexity index is 279. The maximum Gasteiger partial charge on any atom is 0.211 e. The van der Waals surface area contributed by atoms with E-state index in [-0.39, 0.29) is 11.8 Å². The van der Waals surface area contributed by atoms with E-state index < -0.39 is 10.0 Å². The standard InChI is InChI=1S/C9H17NO3S/c1-4-6-9(2)10-14(11,12)8-5-7-13-3/h1,9-10H,5-8H2,2-3H3. The number of ether oxygens (including phenoxy) is 1. The van der Waals surface area contributed by atoms with Crippen molar-refractivity contribution in [3.8, 4) is 12.3 Å². The van der Waals surface area contributed by atoms with Gasteiger partial charge in [-0.1, -0.05) is 0 Å². The molecule has 0 aromatic rings. The highest BCUT2D eigenvalue weighted by atomic mass is 32.2. The molecule has 0 saturated carbocycles. The first-order chi connectivity index (χ1) is 6.52. The number of nitrogens with one attached hydrogen (secondary N) is 1. The van der Waals surface area contributed by atoms with Gasteiger partial charge in [-0.3, -0.25) is 0 Å². The highest BCUT2D eigenvalue weighted by Gasteiger charge is 2.12. The number of methoxy groups -OCH3 is 1. The Hall–Kier alpha value is -0.570. The fourth-order valence-corrected chi connectivity index (χ4v) is 2.29. The topological polar surface area (TPSA) is 55.4 Å². The Balaban J connectivity index is 3.90. The van der Waals surface area contributed by atoms with E-state index in [4.69, 9.17) is 11.2 Å². The van der Waals surface area contributed by atoms with Gasteiger partial charge >= 0.3 is 0 Å². The van der Waals surface area contributed by atoms with Crippen molar-refractivity contribution in [2.45, 2.75) is 25.8 Å². The van der Waals surface area contributed by atoms with Crippen LogP contribution in [0.2, 0.25) is 0 Å². The number of terminal acetylenes is 1. The minimum absolute atomic E-state index is 0.0791. The van der Waals surface area contributed by atoms with Gasteiger partial charge in [0.1, 0.15) is 0 Å². The van der Waals surface area contributed by atoms with Crippen LogP contribution in [0.1, 0.15) is 19.8 Å². The van der Waals surface area contributed by atoms with Crippen LogP contribution in [0.25, 0.3) is 0 Å². The summed E-state index contributed by atoms with van der Waals surface area (Å²) >= 11 is 0. The molecule has 0 amide bonds. The molecule has 0 aliphatic carbocycles. The van der Waals surface area contributed by atoms with Crippen molar-refractivity contribution >= 4 is 10.0 Å². The molecule has 0 aromatic carbocycles. The zero-order valence-corrected chi connectivity index (χ0v) is 9.43. The fourth-order valence-electron chi connectivity index (χ4n) is 0.977. The minimum Gasteiger partial charge on any atom is -0.385 e. The van der Waals surface area contributed by atoms with Crippen molar-refractivity contribution in [1.29, 1.82) is 0 Å². The van der Waals surface area contributed by atoms with E-state index in [1.54, 1.807) is 14.0 Å². The van der Waals surface area contributed by atoms with Crippen LogP contribution >= 0.6 is 0 Å². The lowest BCUT2D eigenvalue weighted by Gasteiger charge is -2.11. The molecule has 0 fully saturated rings. The van der Waals surface area contributed by atoms with Crippen LogP contribution in [0, 0.1) is 12.3 Å². The van der Waals surface area contributed by atoms with E-state index in [0.717, 1.165) is 0 Å². The van der Waals surface area contributed by atoms with E-state index >= 15 is 0 Å². The molecule has 0 rings (SSSR count). The summed E-state index contributed by atoms with van der Waals surface area (Å²) in [5.41, 5.74) is 0. The molecule has 0 aliphatic rings. The summed E-state index contributed by atoms with van der Waals surface area (Å²) in [5, 5.41) is 0. The first-order valence-electron chi connectivity index (χ1n) is 4.44. The third kappa shape index (κ3) is 6.89.